The summed E-state index contributed by atoms with van der Waals surface area (Å²) in [4.78, 5) is 8.22. The molecule has 0 fully saturated rings. The quantitative estimate of drug-likeness (QED) is 0.409. The lowest BCUT2D eigenvalue weighted by atomic mass is 9.84. The van der Waals surface area contributed by atoms with Crippen LogP contribution in [0.1, 0.15) is 19.4 Å². The summed E-state index contributed by atoms with van der Waals surface area (Å²) in [6.45, 7) is 6.37. The summed E-state index contributed by atoms with van der Waals surface area (Å²) < 4.78 is 15.4. The molecule has 1 aromatic heterocycles. The third-order valence-corrected chi connectivity index (χ3v) is 3.75. The van der Waals surface area contributed by atoms with Crippen LogP contribution in [0.2, 0.25) is 0 Å². The molecule has 0 amide bonds. The fourth-order valence-electron chi connectivity index (χ4n) is 2.26. The van der Waals surface area contributed by atoms with E-state index in [4.69, 9.17) is 0 Å². The highest BCUT2D eigenvalue weighted by Crippen LogP contribution is 2.22. The minimum Gasteiger partial charge on any atom is -0.356 e. The van der Waals surface area contributed by atoms with Crippen molar-refractivity contribution in [3.05, 3.63) is 54.4 Å². The molecule has 0 saturated heterocycles. The highest BCUT2D eigenvalue weighted by atomic mass is 127. The van der Waals surface area contributed by atoms with Gasteiger partial charge in [-0.2, -0.15) is 0 Å². The first-order valence-electron chi connectivity index (χ1n) is 7.67. The van der Waals surface area contributed by atoms with E-state index >= 15 is 0 Å². The molecule has 7 heteroatoms. The summed E-state index contributed by atoms with van der Waals surface area (Å²) in [5.74, 6) is 0.521. The van der Waals surface area contributed by atoms with E-state index < -0.39 is 0 Å². The van der Waals surface area contributed by atoms with Crippen molar-refractivity contribution in [3.8, 4) is 0 Å². The number of aromatic nitrogens is 2. The number of rotatable bonds is 6. The van der Waals surface area contributed by atoms with E-state index in [1.54, 1.807) is 31.7 Å². The lowest BCUT2D eigenvalue weighted by Gasteiger charge is -2.27. The molecule has 2 aromatic rings. The summed E-state index contributed by atoms with van der Waals surface area (Å²) in [5, 5.41) is 6.56. The molecule has 5 nitrogen and oxygen atoms in total. The van der Waals surface area contributed by atoms with Gasteiger partial charge in [0.15, 0.2) is 5.96 Å². The molecule has 0 spiro atoms. The first-order chi connectivity index (χ1) is 11.0. The van der Waals surface area contributed by atoms with Crippen molar-refractivity contribution >= 4 is 29.9 Å². The van der Waals surface area contributed by atoms with Crippen LogP contribution in [0.25, 0.3) is 0 Å². The Morgan fingerprint density at radius 2 is 2.12 bits per heavy atom. The second kappa shape index (κ2) is 9.61. The highest BCUT2D eigenvalue weighted by molar-refractivity contribution is 14.0. The summed E-state index contributed by atoms with van der Waals surface area (Å²) in [6.07, 6.45) is 5.46. The normalized spacial score (nSPS) is 11.8. The fourth-order valence-corrected chi connectivity index (χ4v) is 2.26. The number of aliphatic imine (C=N–C) groups is 1. The maximum Gasteiger partial charge on any atom is 0.191 e. The number of halogens is 2. The largest absolute Gasteiger partial charge is 0.356 e. The molecular weight excluding hydrogens is 420 g/mol. The van der Waals surface area contributed by atoms with E-state index in [9.17, 15) is 4.39 Å². The van der Waals surface area contributed by atoms with Gasteiger partial charge in [0.25, 0.3) is 0 Å². The first kappa shape index (κ1) is 20.4. The molecule has 2 rings (SSSR count). The van der Waals surface area contributed by atoms with Crippen LogP contribution in [-0.2, 0) is 12.0 Å². The number of hydrogen-bond acceptors (Lipinski definition) is 2. The van der Waals surface area contributed by atoms with Crippen LogP contribution in [0.3, 0.4) is 0 Å². The van der Waals surface area contributed by atoms with Gasteiger partial charge >= 0.3 is 0 Å². The molecule has 0 bridgehead atoms. The molecule has 2 N–H and O–H groups in total. The summed E-state index contributed by atoms with van der Waals surface area (Å²) in [5.41, 5.74) is 0.753. The fraction of sp³-hybridized carbons (Fsp3) is 0.412. The van der Waals surface area contributed by atoms with Crippen LogP contribution in [0.15, 0.2) is 48.0 Å². The van der Waals surface area contributed by atoms with Crippen LogP contribution in [0, 0.1) is 5.82 Å². The number of benzene rings is 1. The second-order valence-electron chi connectivity index (χ2n) is 6.05. The van der Waals surface area contributed by atoms with E-state index in [2.05, 4.69) is 34.5 Å². The van der Waals surface area contributed by atoms with Crippen molar-refractivity contribution in [1.29, 1.82) is 0 Å². The number of imidazole rings is 1. The Kier molecular flexibility index (Phi) is 8.17. The van der Waals surface area contributed by atoms with Gasteiger partial charge in [0.1, 0.15) is 5.82 Å². The molecule has 0 aliphatic heterocycles. The van der Waals surface area contributed by atoms with Gasteiger partial charge in [-0.1, -0.05) is 26.0 Å². The van der Waals surface area contributed by atoms with Crippen LogP contribution >= 0.6 is 24.0 Å². The molecular formula is C17H25FIN5. The standard InChI is InChI=1S/C17H24FN5.HI/c1-17(2,14-5-4-6-15(18)11-14)12-22-16(19-3)21-8-10-23-9-7-20-13-23;/h4-7,9,11,13H,8,10,12H2,1-3H3,(H2,19,21,22);1H. The van der Waals surface area contributed by atoms with Gasteiger partial charge in [-0.3, -0.25) is 4.99 Å². The zero-order valence-electron chi connectivity index (χ0n) is 14.3. The predicted molar refractivity (Wildman–Crippen MR) is 106 cm³/mol. The predicted octanol–water partition coefficient (Wildman–Crippen LogP) is 2.78. The first-order valence-corrected chi connectivity index (χ1v) is 7.67. The lowest BCUT2D eigenvalue weighted by molar-refractivity contribution is 0.502. The maximum atomic E-state index is 13.4. The molecule has 0 aliphatic carbocycles. The number of nitrogens with one attached hydrogen (secondary N) is 2. The molecule has 0 atom stereocenters. The zero-order valence-corrected chi connectivity index (χ0v) is 16.6. The molecule has 0 radical (unpaired) electrons. The van der Waals surface area contributed by atoms with E-state index in [0.717, 1.165) is 24.6 Å². The summed E-state index contributed by atoms with van der Waals surface area (Å²) in [7, 11) is 1.74. The summed E-state index contributed by atoms with van der Waals surface area (Å²) >= 11 is 0. The minimum atomic E-state index is -0.210. The van der Waals surface area contributed by atoms with Crippen molar-refractivity contribution in [3.63, 3.8) is 0 Å². The Bertz CT molecular complexity index is 640. The SMILES string of the molecule is CN=C(NCCn1ccnc1)NCC(C)(C)c1cccc(F)c1.I. The Morgan fingerprint density at radius 1 is 1.33 bits per heavy atom. The Hall–Kier alpha value is -1.64. The van der Waals surface area contributed by atoms with Gasteiger partial charge in [-0.05, 0) is 17.7 Å². The number of nitrogens with zero attached hydrogens (tertiary/aromatic N) is 3. The number of hydrogen-bond donors (Lipinski definition) is 2. The molecule has 0 unspecified atom stereocenters. The number of guanidine groups is 1. The summed E-state index contributed by atoms with van der Waals surface area (Å²) in [6, 6.07) is 6.73. The van der Waals surface area contributed by atoms with Crippen molar-refractivity contribution in [2.75, 3.05) is 20.1 Å². The third kappa shape index (κ3) is 6.10. The highest BCUT2D eigenvalue weighted by Gasteiger charge is 2.21. The lowest BCUT2D eigenvalue weighted by Crippen LogP contribution is -2.44. The molecule has 0 saturated carbocycles. The van der Waals surface area contributed by atoms with Crippen molar-refractivity contribution in [2.45, 2.75) is 25.8 Å². The second-order valence-corrected chi connectivity index (χ2v) is 6.05. The smallest absolute Gasteiger partial charge is 0.191 e. The van der Waals surface area contributed by atoms with Gasteiger partial charge in [0.05, 0.1) is 6.33 Å². The maximum absolute atomic E-state index is 13.4. The van der Waals surface area contributed by atoms with Gasteiger partial charge in [-0.25, -0.2) is 9.37 Å². The monoisotopic (exact) mass is 445 g/mol. The Balaban J connectivity index is 0.00000288. The van der Waals surface area contributed by atoms with E-state index in [1.807, 2.05) is 16.8 Å². The Morgan fingerprint density at radius 3 is 2.75 bits per heavy atom. The minimum absolute atomic E-state index is 0. The average Bonchev–Trinajstić information content (AvgIpc) is 3.04. The molecule has 1 aromatic carbocycles. The molecule has 1 heterocycles. The van der Waals surface area contributed by atoms with Crippen LogP contribution in [0.4, 0.5) is 4.39 Å². The van der Waals surface area contributed by atoms with Crippen molar-refractivity contribution < 1.29 is 4.39 Å². The van der Waals surface area contributed by atoms with Crippen molar-refractivity contribution in [1.82, 2.24) is 20.2 Å². The van der Waals surface area contributed by atoms with Crippen molar-refractivity contribution in [2.24, 2.45) is 4.99 Å². The molecule has 0 aliphatic rings. The molecule has 24 heavy (non-hydrogen) atoms. The van der Waals surface area contributed by atoms with E-state index in [1.165, 1.54) is 6.07 Å². The van der Waals surface area contributed by atoms with E-state index in [0.29, 0.717) is 6.54 Å². The van der Waals surface area contributed by atoms with Crippen LogP contribution in [-0.4, -0.2) is 35.6 Å². The van der Waals surface area contributed by atoms with Gasteiger partial charge in [-0.15, -0.1) is 24.0 Å². The van der Waals surface area contributed by atoms with Crippen LogP contribution < -0.4 is 10.6 Å². The van der Waals surface area contributed by atoms with Gasteiger partial charge in [0, 0.05) is 44.5 Å². The van der Waals surface area contributed by atoms with Crippen LogP contribution in [0.5, 0.6) is 0 Å². The third-order valence-electron chi connectivity index (χ3n) is 3.75. The average molecular weight is 445 g/mol. The molecule has 132 valence electrons. The van der Waals surface area contributed by atoms with Gasteiger partial charge < -0.3 is 15.2 Å². The van der Waals surface area contributed by atoms with Gasteiger partial charge in [0.2, 0.25) is 0 Å². The topological polar surface area (TPSA) is 54.2 Å². The zero-order chi connectivity index (χ0) is 16.7. The van der Waals surface area contributed by atoms with E-state index in [-0.39, 0.29) is 35.2 Å². The Labute approximate surface area is 159 Å².